The van der Waals surface area contributed by atoms with Crippen LogP contribution >= 0.6 is 24.0 Å². The lowest BCUT2D eigenvalue weighted by Crippen LogP contribution is -2.50. The second-order valence-electron chi connectivity index (χ2n) is 7.76. The van der Waals surface area contributed by atoms with E-state index >= 15 is 0 Å². The summed E-state index contributed by atoms with van der Waals surface area (Å²) in [5.41, 5.74) is -0.521. The maximum absolute atomic E-state index is 12.0. The van der Waals surface area contributed by atoms with Gasteiger partial charge in [-0.05, 0) is 52.7 Å². The van der Waals surface area contributed by atoms with Crippen molar-refractivity contribution in [3.63, 3.8) is 0 Å². The second-order valence-corrected chi connectivity index (χ2v) is 7.76. The number of hydrogen-bond donors (Lipinski definition) is 3. The first kappa shape index (κ1) is 25.6. The van der Waals surface area contributed by atoms with Crippen molar-refractivity contribution in [1.29, 1.82) is 0 Å². The van der Waals surface area contributed by atoms with Gasteiger partial charge < -0.3 is 25.1 Å². The fourth-order valence-corrected chi connectivity index (χ4v) is 2.28. The molecule has 0 bridgehead atoms. The van der Waals surface area contributed by atoms with Crippen LogP contribution in [0.15, 0.2) is 21.5 Å². The molecule has 2 unspecified atom stereocenters. The molecule has 3 N–H and O–H groups in total. The third-order valence-corrected chi connectivity index (χ3v) is 3.76. The number of hydrogen-bond acceptors (Lipinski definition) is 4. The Balaban J connectivity index is 0.00000676. The molecule has 1 rings (SSSR count). The van der Waals surface area contributed by atoms with Crippen LogP contribution in [0.25, 0.3) is 0 Å². The van der Waals surface area contributed by atoms with Crippen molar-refractivity contribution >= 4 is 36.0 Å². The van der Waals surface area contributed by atoms with Crippen LogP contribution < -0.4 is 16.0 Å². The predicted molar refractivity (Wildman–Crippen MR) is 120 cm³/mol. The molecule has 0 saturated carbocycles. The molecule has 8 heteroatoms. The molecule has 0 aliphatic rings. The van der Waals surface area contributed by atoms with Crippen molar-refractivity contribution in [3.8, 4) is 0 Å². The van der Waals surface area contributed by atoms with Crippen LogP contribution in [0, 0.1) is 12.8 Å². The quantitative estimate of drug-likeness (QED) is 0.317. The Hall–Kier alpha value is -1.45. The second kappa shape index (κ2) is 11.4. The van der Waals surface area contributed by atoms with Crippen LogP contribution in [0.5, 0.6) is 0 Å². The number of nitrogens with zero attached hydrogens (tertiary/aromatic N) is 1. The minimum atomic E-state index is -0.521. The van der Waals surface area contributed by atoms with Crippen LogP contribution in [0.4, 0.5) is 4.79 Å². The molecule has 2 atom stereocenters. The van der Waals surface area contributed by atoms with Crippen LogP contribution in [-0.2, 0) is 4.74 Å². The number of carbonyl (C=O) groups excluding carboxylic acids is 1. The van der Waals surface area contributed by atoms with Gasteiger partial charge >= 0.3 is 6.09 Å². The summed E-state index contributed by atoms with van der Waals surface area (Å²) in [6.07, 6.45) is -0.416. The fourth-order valence-electron chi connectivity index (χ4n) is 2.28. The van der Waals surface area contributed by atoms with Gasteiger partial charge in [0.1, 0.15) is 17.1 Å². The van der Waals surface area contributed by atoms with E-state index in [9.17, 15) is 4.79 Å². The minimum absolute atomic E-state index is 0. The van der Waals surface area contributed by atoms with Gasteiger partial charge in [-0.25, -0.2) is 4.79 Å². The molecular weight excluding hydrogens is 459 g/mol. The Kier molecular flexibility index (Phi) is 10.8. The van der Waals surface area contributed by atoms with Crippen molar-refractivity contribution in [1.82, 2.24) is 16.0 Å². The molecule has 27 heavy (non-hydrogen) atoms. The lowest BCUT2D eigenvalue weighted by atomic mass is 10.0. The van der Waals surface area contributed by atoms with Gasteiger partial charge in [-0.1, -0.05) is 13.8 Å². The standard InChI is InChI=1S/C19H34N4O3.HI/c1-12(2)15(23-18(24)26-19(5,6)7)11-21-17(20-8)22-14(4)16-10-9-13(3)25-16;/h9-10,12,14-15H,11H2,1-8H3,(H,23,24)(H2,20,21,22);1H. The Morgan fingerprint density at radius 3 is 2.30 bits per heavy atom. The minimum Gasteiger partial charge on any atom is -0.464 e. The third-order valence-electron chi connectivity index (χ3n) is 3.76. The number of alkyl carbamates (subject to hydrolysis) is 1. The number of aryl methyl sites for hydroxylation is 1. The highest BCUT2D eigenvalue weighted by Gasteiger charge is 2.22. The summed E-state index contributed by atoms with van der Waals surface area (Å²) < 4.78 is 11.0. The topological polar surface area (TPSA) is 87.9 Å². The van der Waals surface area contributed by atoms with Gasteiger partial charge in [0.15, 0.2) is 5.96 Å². The number of furan rings is 1. The fraction of sp³-hybridized carbons (Fsp3) is 0.684. The van der Waals surface area contributed by atoms with E-state index in [-0.39, 0.29) is 42.0 Å². The van der Waals surface area contributed by atoms with Crippen molar-refractivity contribution in [2.75, 3.05) is 13.6 Å². The molecule has 1 amide bonds. The summed E-state index contributed by atoms with van der Waals surface area (Å²) in [6.45, 7) is 14.1. The summed E-state index contributed by atoms with van der Waals surface area (Å²) in [5, 5.41) is 9.45. The van der Waals surface area contributed by atoms with E-state index in [1.807, 2.05) is 60.6 Å². The normalized spacial score (nSPS) is 14.2. The Morgan fingerprint density at radius 2 is 1.85 bits per heavy atom. The molecule has 0 saturated heterocycles. The number of ether oxygens (including phenoxy) is 1. The maximum Gasteiger partial charge on any atom is 0.407 e. The molecule has 0 fully saturated rings. The number of guanidine groups is 1. The van der Waals surface area contributed by atoms with E-state index in [1.54, 1.807) is 7.05 Å². The van der Waals surface area contributed by atoms with Gasteiger partial charge in [0.25, 0.3) is 0 Å². The van der Waals surface area contributed by atoms with Crippen molar-refractivity contribution < 1.29 is 13.9 Å². The molecule has 0 spiro atoms. The number of halogens is 1. The summed E-state index contributed by atoms with van der Waals surface area (Å²) in [4.78, 5) is 16.3. The molecule has 0 aliphatic heterocycles. The molecule has 1 aromatic rings. The molecule has 0 aromatic carbocycles. The summed E-state index contributed by atoms with van der Waals surface area (Å²) in [5.74, 6) is 2.59. The van der Waals surface area contributed by atoms with E-state index in [2.05, 4.69) is 20.9 Å². The Bertz CT molecular complexity index is 608. The van der Waals surface area contributed by atoms with Crippen LogP contribution in [-0.4, -0.2) is 37.3 Å². The zero-order valence-electron chi connectivity index (χ0n) is 17.7. The van der Waals surface area contributed by atoms with E-state index < -0.39 is 11.7 Å². The van der Waals surface area contributed by atoms with Gasteiger partial charge in [0, 0.05) is 13.6 Å². The van der Waals surface area contributed by atoms with E-state index in [4.69, 9.17) is 9.15 Å². The van der Waals surface area contributed by atoms with Gasteiger partial charge in [0.05, 0.1) is 12.1 Å². The van der Waals surface area contributed by atoms with Crippen LogP contribution in [0.3, 0.4) is 0 Å². The Morgan fingerprint density at radius 1 is 1.22 bits per heavy atom. The summed E-state index contributed by atoms with van der Waals surface area (Å²) >= 11 is 0. The van der Waals surface area contributed by atoms with Crippen LogP contribution in [0.1, 0.15) is 59.1 Å². The first-order valence-electron chi connectivity index (χ1n) is 9.05. The van der Waals surface area contributed by atoms with Crippen LogP contribution in [0.2, 0.25) is 0 Å². The Labute approximate surface area is 180 Å². The average molecular weight is 494 g/mol. The third kappa shape index (κ3) is 9.88. The van der Waals surface area contributed by atoms with E-state index in [0.29, 0.717) is 12.5 Å². The lowest BCUT2D eigenvalue weighted by molar-refractivity contribution is 0.0491. The van der Waals surface area contributed by atoms with Crippen molar-refractivity contribution in [3.05, 3.63) is 23.7 Å². The predicted octanol–water partition coefficient (Wildman–Crippen LogP) is 3.98. The van der Waals surface area contributed by atoms with Gasteiger partial charge in [-0.2, -0.15) is 0 Å². The SMILES string of the molecule is CN=C(NCC(NC(=O)OC(C)(C)C)C(C)C)NC(C)c1ccc(C)o1.I. The van der Waals surface area contributed by atoms with Gasteiger partial charge in [-0.3, -0.25) is 4.99 Å². The molecule has 1 heterocycles. The molecule has 156 valence electrons. The highest BCUT2D eigenvalue weighted by Crippen LogP contribution is 2.15. The number of rotatable bonds is 6. The van der Waals surface area contributed by atoms with E-state index in [0.717, 1.165) is 11.5 Å². The van der Waals surface area contributed by atoms with Gasteiger partial charge in [0.2, 0.25) is 0 Å². The highest BCUT2D eigenvalue weighted by molar-refractivity contribution is 14.0. The molecule has 7 nitrogen and oxygen atoms in total. The molecular formula is C19H35IN4O3. The summed E-state index contributed by atoms with van der Waals surface area (Å²) in [6, 6.07) is 3.76. The van der Waals surface area contributed by atoms with Crippen molar-refractivity contribution in [2.45, 2.75) is 66.2 Å². The zero-order valence-corrected chi connectivity index (χ0v) is 20.0. The lowest BCUT2D eigenvalue weighted by Gasteiger charge is -2.27. The summed E-state index contributed by atoms with van der Waals surface area (Å²) in [7, 11) is 1.71. The first-order valence-corrected chi connectivity index (χ1v) is 9.05. The zero-order chi connectivity index (χ0) is 19.9. The molecule has 0 radical (unpaired) electrons. The van der Waals surface area contributed by atoms with E-state index in [1.165, 1.54) is 0 Å². The smallest absolute Gasteiger partial charge is 0.407 e. The number of nitrogens with one attached hydrogen (secondary N) is 3. The highest BCUT2D eigenvalue weighted by atomic mass is 127. The maximum atomic E-state index is 12.0. The molecule has 1 aromatic heterocycles. The largest absolute Gasteiger partial charge is 0.464 e. The van der Waals surface area contributed by atoms with Crippen molar-refractivity contribution in [2.24, 2.45) is 10.9 Å². The number of aliphatic imine (C=N–C) groups is 1. The monoisotopic (exact) mass is 494 g/mol. The first-order chi connectivity index (χ1) is 12.0. The number of amides is 1. The average Bonchev–Trinajstić information content (AvgIpc) is 2.94. The number of carbonyl (C=O) groups is 1. The van der Waals surface area contributed by atoms with Gasteiger partial charge in [-0.15, -0.1) is 24.0 Å². The molecule has 0 aliphatic carbocycles.